The smallest absolute Gasteiger partial charge is 0.119 e. The Balaban J connectivity index is 1.84. The van der Waals surface area contributed by atoms with Crippen LogP contribution in [0.2, 0.25) is 0 Å². The van der Waals surface area contributed by atoms with Gasteiger partial charge in [-0.25, -0.2) is 0 Å². The molecule has 1 unspecified atom stereocenters. The average molecular weight is 284 g/mol. The Labute approximate surface area is 127 Å². The zero-order valence-corrected chi connectivity index (χ0v) is 12.8. The summed E-state index contributed by atoms with van der Waals surface area (Å²) in [6.45, 7) is 1.74. The summed E-state index contributed by atoms with van der Waals surface area (Å²) in [5.41, 5.74) is 8.78. The van der Waals surface area contributed by atoms with Crippen molar-refractivity contribution in [1.82, 2.24) is 4.90 Å². The van der Waals surface area contributed by atoms with E-state index in [2.05, 4.69) is 48.3 Å². The quantitative estimate of drug-likeness (QED) is 0.849. The van der Waals surface area contributed by atoms with Crippen LogP contribution in [0.5, 0.6) is 5.75 Å². The minimum absolute atomic E-state index is 0.142. The molecule has 3 heteroatoms. The largest absolute Gasteiger partial charge is 0.497 e. The number of rotatable bonds is 7. The van der Waals surface area contributed by atoms with E-state index in [-0.39, 0.29) is 6.04 Å². The third-order valence-electron chi connectivity index (χ3n) is 3.47. The van der Waals surface area contributed by atoms with Gasteiger partial charge in [-0.05, 0) is 36.7 Å². The highest BCUT2D eigenvalue weighted by atomic mass is 16.5. The van der Waals surface area contributed by atoms with E-state index in [1.165, 1.54) is 11.1 Å². The lowest BCUT2D eigenvalue weighted by Crippen LogP contribution is -2.36. The zero-order valence-electron chi connectivity index (χ0n) is 12.8. The summed E-state index contributed by atoms with van der Waals surface area (Å²) >= 11 is 0. The van der Waals surface area contributed by atoms with Gasteiger partial charge in [-0.15, -0.1) is 0 Å². The van der Waals surface area contributed by atoms with Gasteiger partial charge in [0.15, 0.2) is 0 Å². The van der Waals surface area contributed by atoms with Gasteiger partial charge in [0, 0.05) is 19.1 Å². The van der Waals surface area contributed by atoms with Crippen LogP contribution in [0.1, 0.15) is 11.1 Å². The Bertz CT molecular complexity index is 542. The van der Waals surface area contributed by atoms with Crippen molar-refractivity contribution < 1.29 is 4.74 Å². The number of hydrogen-bond acceptors (Lipinski definition) is 3. The second-order valence-corrected chi connectivity index (χ2v) is 5.50. The first kappa shape index (κ1) is 15.5. The van der Waals surface area contributed by atoms with Crippen LogP contribution in [0.4, 0.5) is 0 Å². The third kappa shape index (κ3) is 5.21. The van der Waals surface area contributed by atoms with Crippen molar-refractivity contribution in [1.29, 1.82) is 0 Å². The second kappa shape index (κ2) is 7.81. The van der Waals surface area contributed by atoms with Crippen LogP contribution >= 0.6 is 0 Å². The summed E-state index contributed by atoms with van der Waals surface area (Å²) in [4.78, 5) is 2.25. The maximum Gasteiger partial charge on any atom is 0.119 e. The Kier molecular flexibility index (Phi) is 5.78. The van der Waals surface area contributed by atoms with E-state index in [9.17, 15) is 0 Å². The maximum absolute atomic E-state index is 6.25. The fraction of sp³-hybridized carbons (Fsp3) is 0.333. The topological polar surface area (TPSA) is 38.5 Å². The molecule has 112 valence electrons. The van der Waals surface area contributed by atoms with Gasteiger partial charge in [-0.2, -0.15) is 0 Å². The van der Waals surface area contributed by atoms with Gasteiger partial charge >= 0.3 is 0 Å². The first-order valence-corrected chi connectivity index (χ1v) is 7.28. The van der Waals surface area contributed by atoms with Crippen molar-refractivity contribution in [2.24, 2.45) is 5.73 Å². The lowest BCUT2D eigenvalue weighted by molar-refractivity contribution is 0.302. The van der Waals surface area contributed by atoms with E-state index in [0.29, 0.717) is 0 Å². The molecule has 0 aromatic heterocycles. The number of methoxy groups -OCH3 is 1. The summed E-state index contributed by atoms with van der Waals surface area (Å²) < 4.78 is 5.25. The number of benzene rings is 2. The highest BCUT2D eigenvalue weighted by Crippen LogP contribution is 2.14. The van der Waals surface area contributed by atoms with Crippen LogP contribution in [0, 0.1) is 0 Å². The van der Waals surface area contributed by atoms with Gasteiger partial charge in [-0.3, -0.25) is 0 Å². The minimum atomic E-state index is 0.142. The predicted molar refractivity (Wildman–Crippen MR) is 87.4 cm³/mol. The van der Waals surface area contributed by atoms with Crippen LogP contribution in [0.15, 0.2) is 54.6 Å². The molecule has 2 rings (SSSR count). The highest BCUT2D eigenvalue weighted by Gasteiger charge is 2.08. The molecule has 0 aliphatic heterocycles. The van der Waals surface area contributed by atoms with Crippen LogP contribution in [-0.2, 0) is 13.0 Å². The molecule has 21 heavy (non-hydrogen) atoms. The average Bonchev–Trinajstić information content (AvgIpc) is 2.48. The molecule has 0 spiro atoms. The number of nitrogens with two attached hydrogens (primary N) is 1. The number of hydrogen-bond donors (Lipinski definition) is 1. The molecule has 2 N–H and O–H groups in total. The van der Waals surface area contributed by atoms with Gasteiger partial charge in [0.1, 0.15) is 5.75 Å². The van der Waals surface area contributed by atoms with Gasteiger partial charge in [0.25, 0.3) is 0 Å². The van der Waals surface area contributed by atoms with Gasteiger partial charge in [-0.1, -0.05) is 42.5 Å². The first-order valence-electron chi connectivity index (χ1n) is 7.28. The van der Waals surface area contributed by atoms with Crippen molar-refractivity contribution >= 4 is 0 Å². The fourth-order valence-corrected chi connectivity index (χ4v) is 2.53. The molecule has 0 radical (unpaired) electrons. The van der Waals surface area contributed by atoms with Gasteiger partial charge in [0.05, 0.1) is 7.11 Å². The molecule has 0 fully saturated rings. The van der Waals surface area contributed by atoms with Crippen LogP contribution in [0.25, 0.3) is 0 Å². The van der Waals surface area contributed by atoms with E-state index in [4.69, 9.17) is 10.5 Å². The van der Waals surface area contributed by atoms with Crippen molar-refractivity contribution in [3.63, 3.8) is 0 Å². The molecule has 3 nitrogen and oxygen atoms in total. The van der Waals surface area contributed by atoms with E-state index >= 15 is 0 Å². The third-order valence-corrected chi connectivity index (χ3v) is 3.47. The summed E-state index contributed by atoms with van der Waals surface area (Å²) in [6.07, 6.45) is 0.906. The molecule has 0 aliphatic carbocycles. The Morgan fingerprint density at radius 1 is 1.05 bits per heavy atom. The van der Waals surface area contributed by atoms with Gasteiger partial charge in [0.2, 0.25) is 0 Å². The minimum Gasteiger partial charge on any atom is -0.497 e. The van der Waals surface area contributed by atoms with Crippen molar-refractivity contribution in [3.05, 3.63) is 65.7 Å². The normalized spacial score (nSPS) is 12.4. The van der Waals surface area contributed by atoms with Crippen LogP contribution in [-0.4, -0.2) is 31.6 Å². The second-order valence-electron chi connectivity index (χ2n) is 5.50. The molecule has 0 saturated heterocycles. The maximum atomic E-state index is 6.25. The summed E-state index contributed by atoms with van der Waals surface area (Å²) in [7, 11) is 3.79. The Morgan fingerprint density at radius 3 is 2.48 bits per heavy atom. The molecule has 0 heterocycles. The van der Waals surface area contributed by atoms with E-state index in [1.807, 2.05) is 18.2 Å². The first-order chi connectivity index (χ1) is 10.2. The molecule has 2 aromatic carbocycles. The molecule has 2 aromatic rings. The summed E-state index contributed by atoms with van der Waals surface area (Å²) in [5, 5.41) is 0. The van der Waals surface area contributed by atoms with Crippen LogP contribution < -0.4 is 10.5 Å². The molecule has 1 atom stereocenters. The highest BCUT2D eigenvalue weighted by molar-refractivity contribution is 5.28. The van der Waals surface area contributed by atoms with E-state index < -0.39 is 0 Å². The molecular formula is C18H24N2O. The fourth-order valence-electron chi connectivity index (χ4n) is 2.53. The summed E-state index contributed by atoms with van der Waals surface area (Å²) in [6, 6.07) is 18.7. The SMILES string of the molecule is COc1cccc(CN(C)CC(N)Cc2ccccc2)c1. The number of nitrogens with zero attached hydrogens (tertiary/aromatic N) is 1. The zero-order chi connectivity index (χ0) is 15.1. The molecular weight excluding hydrogens is 260 g/mol. The Hall–Kier alpha value is -1.84. The van der Waals surface area contributed by atoms with Crippen molar-refractivity contribution in [2.75, 3.05) is 20.7 Å². The lowest BCUT2D eigenvalue weighted by atomic mass is 10.1. The molecule has 0 bridgehead atoms. The van der Waals surface area contributed by atoms with E-state index in [1.54, 1.807) is 7.11 Å². The Morgan fingerprint density at radius 2 is 1.76 bits per heavy atom. The summed E-state index contributed by atoms with van der Waals surface area (Å²) in [5.74, 6) is 0.898. The monoisotopic (exact) mass is 284 g/mol. The number of likely N-dealkylation sites (N-methyl/N-ethyl adjacent to an activating group) is 1. The predicted octanol–water partition coefficient (Wildman–Crippen LogP) is 2.70. The van der Waals surface area contributed by atoms with Gasteiger partial charge < -0.3 is 15.4 Å². The lowest BCUT2D eigenvalue weighted by Gasteiger charge is -2.21. The number of ether oxygens (including phenoxy) is 1. The molecule has 0 saturated carbocycles. The van der Waals surface area contributed by atoms with E-state index in [0.717, 1.165) is 25.3 Å². The van der Waals surface area contributed by atoms with Crippen molar-refractivity contribution in [3.8, 4) is 5.75 Å². The van der Waals surface area contributed by atoms with Crippen molar-refractivity contribution in [2.45, 2.75) is 19.0 Å². The molecule has 0 amide bonds. The molecule has 0 aliphatic rings. The van der Waals surface area contributed by atoms with Crippen LogP contribution in [0.3, 0.4) is 0 Å². The standard InChI is InChI=1S/C18H24N2O/c1-20(13-16-9-6-10-18(12-16)21-2)14-17(19)11-15-7-4-3-5-8-15/h3-10,12,17H,11,13-14,19H2,1-2H3.